The van der Waals surface area contributed by atoms with E-state index in [-0.39, 0.29) is 17.5 Å². The number of hydrogen-bond donors (Lipinski definition) is 2. The quantitative estimate of drug-likeness (QED) is 0.765. The van der Waals surface area contributed by atoms with Crippen molar-refractivity contribution in [2.75, 3.05) is 0 Å². The van der Waals surface area contributed by atoms with Crippen LogP contribution in [0.5, 0.6) is 0 Å². The summed E-state index contributed by atoms with van der Waals surface area (Å²) < 4.78 is 0. The molecule has 0 saturated carbocycles. The van der Waals surface area contributed by atoms with Gasteiger partial charge in [-0.2, -0.15) is 11.3 Å². The monoisotopic (exact) mass is 198 g/mol. The lowest BCUT2D eigenvalue weighted by atomic mass is 9.81. The average molecular weight is 198 g/mol. The van der Waals surface area contributed by atoms with Crippen LogP contribution in [0.3, 0.4) is 0 Å². The number of hydrogen-bond acceptors (Lipinski definition) is 3. The van der Waals surface area contributed by atoms with Crippen LogP contribution in [0.4, 0.5) is 0 Å². The van der Waals surface area contributed by atoms with Gasteiger partial charge >= 0.3 is 0 Å². The van der Waals surface area contributed by atoms with Gasteiger partial charge in [0.1, 0.15) is 0 Å². The molecule has 1 aromatic rings. The first-order valence-corrected chi connectivity index (χ1v) is 5.40. The first-order valence-electron chi connectivity index (χ1n) is 4.46. The smallest absolute Gasteiger partial charge is 0.0462 e. The maximum absolute atomic E-state index is 6.07. The van der Waals surface area contributed by atoms with E-state index in [2.05, 4.69) is 26.2 Å². The largest absolute Gasteiger partial charge is 0.326 e. The Kier molecular flexibility index (Phi) is 3.11. The van der Waals surface area contributed by atoms with E-state index in [1.54, 1.807) is 11.3 Å². The highest BCUT2D eigenvalue weighted by Gasteiger charge is 2.27. The van der Waals surface area contributed by atoms with Gasteiger partial charge in [0.25, 0.3) is 0 Å². The molecule has 0 aliphatic heterocycles. The normalized spacial score (nSPS) is 17.0. The average Bonchev–Trinajstić information content (AvgIpc) is 2.51. The molecule has 2 atom stereocenters. The molecule has 13 heavy (non-hydrogen) atoms. The second-order valence-corrected chi connectivity index (χ2v) is 5.25. The lowest BCUT2D eigenvalue weighted by Crippen LogP contribution is -2.43. The van der Waals surface area contributed by atoms with Gasteiger partial charge in [0.2, 0.25) is 0 Å². The fraction of sp³-hybridized carbons (Fsp3) is 0.600. The van der Waals surface area contributed by atoms with Crippen LogP contribution < -0.4 is 11.5 Å². The van der Waals surface area contributed by atoms with E-state index >= 15 is 0 Å². The summed E-state index contributed by atoms with van der Waals surface area (Å²) in [6, 6.07) is 1.99. The van der Waals surface area contributed by atoms with Gasteiger partial charge < -0.3 is 11.5 Å². The minimum atomic E-state index is -0.0498. The first kappa shape index (κ1) is 10.7. The van der Waals surface area contributed by atoms with E-state index in [0.717, 1.165) is 5.56 Å². The molecule has 0 spiro atoms. The van der Waals surface area contributed by atoms with E-state index in [0.29, 0.717) is 0 Å². The van der Waals surface area contributed by atoms with Gasteiger partial charge in [0.05, 0.1) is 0 Å². The Labute approximate surface area is 83.9 Å². The summed E-state index contributed by atoms with van der Waals surface area (Å²) in [5.74, 6) is 0. The zero-order valence-electron chi connectivity index (χ0n) is 8.45. The third-order valence-corrected chi connectivity index (χ3v) is 3.02. The topological polar surface area (TPSA) is 52.0 Å². The molecule has 1 aromatic heterocycles. The number of rotatable bonds is 2. The van der Waals surface area contributed by atoms with Crippen LogP contribution in [0.2, 0.25) is 0 Å². The summed E-state index contributed by atoms with van der Waals surface area (Å²) in [6.07, 6.45) is 0. The molecule has 1 rings (SSSR count). The summed E-state index contributed by atoms with van der Waals surface area (Å²) in [6.45, 7) is 6.34. The molecule has 0 aliphatic rings. The summed E-state index contributed by atoms with van der Waals surface area (Å²) >= 11 is 1.66. The van der Waals surface area contributed by atoms with Crippen molar-refractivity contribution in [3.05, 3.63) is 22.4 Å². The fourth-order valence-corrected chi connectivity index (χ4v) is 1.92. The van der Waals surface area contributed by atoms with Crippen molar-refractivity contribution in [1.82, 2.24) is 0 Å². The Bertz CT molecular complexity index is 248. The van der Waals surface area contributed by atoms with Crippen molar-refractivity contribution >= 4 is 11.3 Å². The van der Waals surface area contributed by atoms with Gasteiger partial charge in [0.15, 0.2) is 0 Å². The molecule has 0 unspecified atom stereocenters. The standard InChI is InChI=1S/C10H18N2S/c1-10(2,3)9(12)8(11)7-4-5-13-6-7/h4-6,8-9H,11-12H2,1-3H3/t8-,9-/m1/s1. The van der Waals surface area contributed by atoms with Gasteiger partial charge in [0, 0.05) is 12.1 Å². The van der Waals surface area contributed by atoms with E-state index in [1.165, 1.54) is 0 Å². The highest BCUT2D eigenvalue weighted by Crippen LogP contribution is 2.27. The van der Waals surface area contributed by atoms with Crippen molar-refractivity contribution in [1.29, 1.82) is 0 Å². The number of thiophene rings is 1. The predicted octanol–water partition coefficient (Wildman–Crippen LogP) is 2.12. The maximum atomic E-state index is 6.07. The van der Waals surface area contributed by atoms with Gasteiger partial charge in [-0.3, -0.25) is 0 Å². The zero-order valence-corrected chi connectivity index (χ0v) is 9.27. The molecule has 4 N–H and O–H groups in total. The molecular formula is C10H18N2S. The summed E-state index contributed by atoms with van der Waals surface area (Å²) in [7, 11) is 0. The highest BCUT2D eigenvalue weighted by atomic mass is 32.1. The molecular weight excluding hydrogens is 180 g/mol. The van der Waals surface area contributed by atoms with Crippen molar-refractivity contribution in [2.24, 2.45) is 16.9 Å². The van der Waals surface area contributed by atoms with Crippen LogP contribution in [0.1, 0.15) is 32.4 Å². The van der Waals surface area contributed by atoms with Crippen molar-refractivity contribution in [2.45, 2.75) is 32.9 Å². The molecule has 0 bridgehead atoms. The third-order valence-electron chi connectivity index (χ3n) is 2.31. The molecule has 3 heteroatoms. The van der Waals surface area contributed by atoms with Crippen molar-refractivity contribution < 1.29 is 0 Å². The molecule has 0 saturated heterocycles. The van der Waals surface area contributed by atoms with E-state index in [1.807, 2.05) is 11.4 Å². The SMILES string of the molecule is CC(C)(C)[C@H](N)[C@H](N)c1ccsc1. The van der Waals surface area contributed by atoms with Gasteiger partial charge in [-0.25, -0.2) is 0 Å². The molecule has 0 aromatic carbocycles. The van der Waals surface area contributed by atoms with Crippen LogP contribution in [0, 0.1) is 5.41 Å². The molecule has 0 fully saturated rings. The first-order chi connectivity index (χ1) is 5.93. The van der Waals surface area contributed by atoms with E-state index in [4.69, 9.17) is 11.5 Å². The molecule has 74 valence electrons. The van der Waals surface area contributed by atoms with Gasteiger partial charge in [-0.1, -0.05) is 20.8 Å². The summed E-state index contributed by atoms with van der Waals surface area (Å²) in [5, 5.41) is 4.10. The van der Waals surface area contributed by atoms with Gasteiger partial charge in [-0.05, 0) is 27.8 Å². The van der Waals surface area contributed by atoms with Crippen LogP contribution in [0.15, 0.2) is 16.8 Å². The molecule has 1 heterocycles. The van der Waals surface area contributed by atoms with Gasteiger partial charge in [-0.15, -0.1) is 0 Å². The molecule has 0 amide bonds. The lowest BCUT2D eigenvalue weighted by molar-refractivity contribution is 0.283. The Morgan fingerprint density at radius 1 is 1.31 bits per heavy atom. The van der Waals surface area contributed by atoms with Crippen LogP contribution in [-0.2, 0) is 0 Å². The van der Waals surface area contributed by atoms with Crippen LogP contribution >= 0.6 is 11.3 Å². The Balaban J connectivity index is 2.74. The molecule has 0 radical (unpaired) electrons. The minimum Gasteiger partial charge on any atom is -0.326 e. The highest BCUT2D eigenvalue weighted by molar-refractivity contribution is 7.07. The predicted molar refractivity (Wildman–Crippen MR) is 58.7 cm³/mol. The Morgan fingerprint density at radius 2 is 1.92 bits per heavy atom. The van der Waals surface area contributed by atoms with Crippen molar-refractivity contribution in [3.8, 4) is 0 Å². The fourth-order valence-electron chi connectivity index (χ4n) is 1.21. The molecule has 0 aliphatic carbocycles. The van der Waals surface area contributed by atoms with Crippen LogP contribution in [-0.4, -0.2) is 6.04 Å². The van der Waals surface area contributed by atoms with E-state index < -0.39 is 0 Å². The van der Waals surface area contributed by atoms with E-state index in [9.17, 15) is 0 Å². The lowest BCUT2D eigenvalue weighted by Gasteiger charge is -2.31. The summed E-state index contributed by atoms with van der Waals surface area (Å²) in [4.78, 5) is 0. The minimum absolute atomic E-state index is 0.00194. The Hall–Kier alpha value is -0.380. The second-order valence-electron chi connectivity index (χ2n) is 4.47. The maximum Gasteiger partial charge on any atom is 0.0462 e. The van der Waals surface area contributed by atoms with Crippen LogP contribution in [0.25, 0.3) is 0 Å². The third kappa shape index (κ3) is 2.53. The Morgan fingerprint density at radius 3 is 2.31 bits per heavy atom. The van der Waals surface area contributed by atoms with Crippen molar-refractivity contribution in [3.63, 3.8) is 0 Å². The molecule has 2 nitrogen and oxygen atoms in total. The second kappa shape index (κ2) is 3.78. The zero-order chi connectivity index (χ0) is 10.1. The number of nitrogens with two attached hydrogens (primary N) is 2. The summed E-state index contributed by atoms with van der Waals surface area (Å²) in [5.41, 5.74) is 13.3.